The highest BCUT2D eigenvalue weighted by molar-refractivity contribution is 5.05. The zero-order valence-electron chi connectivity index (χ0n) is 13.1. The summed E-state index contributed by atoms with van der Waals surface area (Å²) in [5, 5.41) is 3.92. The Hall–Kier alpha value is -0.120. The van der Waals surface area contributed by atoms with Gasteiger partial charge in [-0.15, -0.1) is 0 Å². The Balaban J connectivity index is 2.11. The van der Waals surface area contributed by atoms with Gasteiger partial charge in [0.2, 0.25) is 0 Å². The number of piperazine rings is 1. The second kappa shape index (κ2) is 6.55. The first-order valence-corrected chi connectivity index (χ1v) is 8.19. The number of rotatable bonds is 5. The van der Waals surface area contributed by atoms with Crippen LogP contribution in [-0.4, -0.2) is 49.3 Å². The first-order chi connectivity index (χ1) is 9.20. The molecule has 0 unspecified atom stereocenters. The fourth-order valence-corrected chi connectivity index (χ4v) is 4.00. The minimum absolute atomic E-state index is 0.330. The summed E-state index contributed by atoms with van der Waals surface area (Å²) in [6.45, 7) is 8.99. The second-order valence-electron chi connectivity index (χ2n) is 6.54. The van der Waals surface area contributed by atoms with Gasteiger partial charge in [0, 0.05) is 37.8 Å². The fraction of sp³-hybridized carbons (Fsp3) is 1.00. The van der Waals surface area contributed by atoms with Crippen LogP contribution in [0.5, 0.6) is 0 Å². The zero-order chi connectivity index (χ0) is 13.8. The van der Waals surface area contributed by atoms with Crippen LogP contribution >= 0.6 is 0 Å². The molecule has 0 bridgehead atoms. The normalized spacial score (nSPS) is 26.7. The van der Waals surface area contributed by atoms with Crippen molar-refractivity contribution in [1.82, 2.24) is 10.2 Å². The van der Waals surface area contributed by atoms with Gasteiger partial charge in [0.25, 0.3) is 0 Å². The summed E-state index contributed by atoms with van der Waals surface area (Å²) in [5.74, 6) is 0. The van der Waals surface area contributed by atoms with Crippen molar-refractivity contribution in [3.05, 3.63) is 0 Å². The van der Waals surface area contributed by atoms with E-state index in [2.05, 4.69) is 24.1 Å². The Morgan fingerprint density at radius 3 is 2.37 bits per heavy atom. The molecule has 3 heteroatoms. The topological polar surface area (TPSA) is 24.5 Å². The molecular formula is C16H32N2O. The van der Waals surface area contributed by atoms with Crippen LogP contribution in [0.15, 0.2) is 0 Å². The Labute approximate surface area is 119 Å². The van der Waals surface area contributed by atoms with Crippen LogP contribution in [0.25, 0.3) is 0 Å². The van der Waals surface area contributed by atoms with Crippen molar-refractivity contribution in [3.8, 4) is 0 Å². The van der Waals surface area contributed by atoms with Gasteiger partial charge in [0.05, 0.1) is 6.61 Å². The number of nitrogens with zero attached hydrogens (tertiary/aromatic N) is 1. The predicted molar refractivity (Wildman–Crippen MR) is 80.6 cm³/mol. The van der Waals surface area contributed by atoms with Crippen LogP contribution in [0.1, 0.15) is 58.8 Å². The lowest BCUT2D eigenvalue weighted by molar-refractivity contribution is -0.0331. The van der Waals surface area contributed by atoms with Crippen LogP contribution < -0.4 is 5.32 Å². The van der Waals surface area contributed by atoms with E-state index in [1.807, 2.05) is 7.11 Å². The summed E-state index contributed by atoms with van der Waals surface area (Å²) in [7, 11) is 1.82. The van der Waals surface area contributed by atoms with E-state index in [4.69, 9.17) is 4.74 Å². The molecule has 0 amide bonds. The van der Waals surface area contributed by atoms with Crippen LogP contribution in [0.2, 0.25) is 0 Å². The molecule has 1 saturated carbocycles. The Bertz CT molecular complexity index is 270. The zero-order valence-corrected chi connectivity index (χ0v) is 13.1. The molecule has 0 radical (unpaired) electrons. The molecule has 1 aliphatic carbocycles. The monoisotopic (exact) mass is 268 g/mol. The van der Waals surface area contributed by atoms with Crippen molar-refractivity contribution in [1.29, 1.82) is 0 Å². The summed E-state index contributed by atoms with van der Waals surface area (Å²) in [6, 6.07) is 0. The summed E-state index contributed by atoms with van der Waals surface area (Å²) in [5.41, 5.74) is 0.751. The first-order valence-electron chi connectivity index (χ1n) is 8.19. The lowest BCUT2D eigenvalue weighted by atomic mass is 9.75. The number of nitrogens with one attached hydrogen (secondary N) is 1. The van der Waals surface area contributed by atoms with Gasteiger partial charge in [0.1, 0.15) is 0 Å². The summed E-state index contributed by atoms with van der Waals surface area (Å²) < 4.78 is 5.35. The molecule has 19 heavy (non-hydrogen) atoms. The molecule has 1 spiro atoms. The number of hydrogen-bond acceptors (Lipinski definition) is 3. The van der Waals surface area contributed by atoms with E-state index < -0.39 is 0 Å². The third-order valence-corrected chi connectivity index (χ3v) is 5.66. The van der Waals surface area contributed by atoms with Gasteiger partial charge in [-0.25, -0.2) is 0 Å². The maximum atomic E-state index is 5.35. The van der Waals surface area contributed by atoms with Gasteiger partial charge < -0.3 is 10.1 Å². The van der Waals surface area contributed by atoms with Crippen LogP contribution in [-0.2, 0) is 4.74 Å². The molecule has 1 saturated heterocycles. The third kappa shape index (κ3) is 3.14. The Morgan fingerprint density at radius 2 is 1.79 bits per heavy atom. The highest BCUT2D eigenvalue weighted by Gasteiger charge is 2.46. The molecule has 0 aromatic heterocycles. The van der Waals surface area contributed by atoms with Gasteiger partial charge >= 0.3 is 0 Å². The molecule has 3 nitrogen and oxygen atoms in total. The minimum atomic E-state index is 0.330. The highest BCUT2D eigenvalue weighted by atomic mass is 16.5. The second-order valence-corrected chi connectivity index (χ2v) is 6.54. The van der Waals surface area contributed by atoms with Crippen molar-refractivity contribution >= 4 is 0 Å². The predicted octanol–water partition coefficient (Wildman–Crippen LogP) is 2.80. The quantitative estimate of drug-likeness (QED) is 0.830. The van der Waals surface area contributed by atoms with E-state index in [1.165, 1.54) is 58.0 Å². The average Bonchev–Trinajstić information content (AvgIpc) is 2.48. The molecule has 2 rings (SSSR count). The van der Waals surface area contributed by atoms with E-state index in [1.54, 1.807) is 0 Å². The molecule has 112 valence electrons. The smallest absolute Gasteiger partial charge is 0.0589 e. The van der Waals surface area contributed by atoms with E-state index in [0.717, 1.165) is 13.2 Å². The van der Waals surface area contributed by atoms with Crippen LogP contribution in [0, 0.1) is 0 Å². The summed E-state index contributed by atoms with van der Waals surface area (Å²) in [4.78, 5) is 2.76. The molecule has 0 aromatic rings. The number of ether oxygens (including phenoxy) is 1. The average molecular weight is 268 g/mol. The van der Waals surface area contributed by atoms with E-state index >= 15 is 0 Å². The van der Waals surface area contributed by atoms with Crippen molar-refractivity contribution in [2.75, 3.05) is 33.4 Å². The van der Waals surface area contributed by atoms with Crippen molar-refractivity contribution in [2.45, 2.75) is 69.9 Å². The van der Waals surface area contributed by atoms with Gasteiger partial charge in [-0.2, -0.15) is 0 Å². The molecule has 1 N–H and O–H groups in total. The molecule has 2 aliphatic rings. The lowest BCUT2D eigenvalue weighted by Gasteiger charge is -2.56. The van der Waals surface area contributed by atoms with Crippen LogP contribution in [0.3, 0.4) is 0 Å². The largest absolute Gasteiger partial charge is 0.383 e. The van der Waals surface area contributed by atoms with E-state index in [-0.39, 0.29) is 0 Å². The molecule has 0 aromatic carbocycles. The summed E-state index contributed by atoms with van der Waals surface area (Å²) >= 11 is 0. The Morgan fingerprint density at radius 1 is 1.11 bits per heavy atom. The molecule has 0 atom stereocenters. The first kappa shape index (κ1) is 15.3. The number of hydrogen-bond donors (Lipinski definition) is 1. The van der Waals surface area contributed by atoms with Crippen LogP contribution in [0.4, 0.5) is 0 Å². The standard InChI is InChI=1S/C16H32N2O/c1-4-15(5-2)14-18(11-12-19-3)16(13-17-15)9-7-6-8-10-16/h17H,4-14H2,1-3H3. The van der Waals surface area contributed by atoms with E-state index in [9.17, 15) is 0 Å². The fourth-order valence-electron chi connectivity index (χ4n) is 4.00. The SMILES string of the molecule is CCC1(CC)CN(CCOC)C2(CCCCC2)CN1. The van der Waals surface area contributed by atoms with Gasteiger partial charge in [-0.05, 0) is 25.7 Å². The van der Waals surface area contributed by atoms with Crippen molar-refractivity contribution in [2.24, 2.45) is 0 Å². The molecule has 1 aliphatic heterocycles. The lowest BCUT2D eigenvalue weighted by Crippen LogP contribution is -2.70. The van der Waals surface area contributed by atoms with Crippen molar-refractivity contribution < 1.29 is 4.74 Å². The van der Waals surface area contributed by atoms with Gasteiger partial charge in [-0.1, -0.05) is 33.1 Å². The highest BCUT2D eigenvalue weighted by Crippen LogP contribution is 2.38. The minimum Gasteiger partial charge on any atom is -0.383 e. The Kier molecular flexibility index (Phi) is 5.27. The van der Waals surface area contributed by atoms with Gasteiger partial charge in [-0.3, -0.25) is 4.90 Å². The molecule has 1 heterocycles. The maximum absolute atomic E-state index is 5.35. The van der Waals surface area contributed by atoms with Gasteiger partial charge in [0.15, 0.2) is 0 Å². The number of methoxy groups -OCH3 is 1. The summed E-state index contributed by atoms with van der Waals surface area (Å²) in [6.07, 6.45) is 9.41. The molecular weight excluding hydrogens is 236 g/mol. The maximum Gasteiger partial charge on any atom is 0.0589 e. The van der Waals surface area contributed by atoms with E-state index in [0.29, 0.717) is 11.1 Å². The van der Waals surface area contributed by atoms with Crippen molar-refractivity contribution in [3.63, 3.8) is 0 Å². The third-order valence-electron chi connectivity index (χ3n) is 5.66. The molecule has 2 fully saturated rings.